The Balaban J connectivity index is 2.21. The largest absolute Gasteiger partial charge is 0.300 e. The van der Waals surface area contributed by atoms with Crippen LogP contribution >= 0.6 is 0 Å². The molecule has 0 amide bonds. The summed E-state index contributed by atoms with van der Waals surface area (Å²) in [5.41, 5.74) is 4.16. The molecule has 0 unspecified atom stereocenters. The van der Waals surface area contributed by atoms with Gasteiger partial charge in [0, 0.05) is 12.8 Å². The molecule has 1 aromatic carbocycles. The SMILES string of the molecule is Cc1ccc(C)c(C2CCC(=O)CC2)c1. The van der Waals surface area contributed by atoms with Gasteiger partial charge >= 0.3 is 0 Å². The van der Waals surface area contributed by atoms with Crippen LogP contribution < -0.4 is 0 Å². The van der Waals surface area contributed by atoms with Crippen molar-refractivity contribution in [3.05, 3.63) is 34.9 Å². The van der Waals surface area contributed by atoms with Crippen molar-refractivity contribution in [3.63, 3.8) is 0 Å². The number of benzene rings is 1. The van der Waals surface area contributed by atoms with Gasteiger partial charge in [0.05, 0.1) is 0 Å². The number of ketones is 1. The zero-order valence-corrected chi connectivity index (χ0v) is 9.55. The van der Waals surface area contributed by atoms with Gasteiger partial charge in [0.1, 0.15) is 5.78 Å². The van der Waals surface area contributed by atoms with Crippen LogP contribution in [0.25, 0.3) is 0 Å². The molecular formula is C14H18O. The molecule has 0 aliphatic heterocycles. The van der Waals surface area contributed by atoms with Gasteiger partial charge < -0.3 is 0 Å². The molecule has 0 N–H and O–H groups in total. The second-order valence-electron chi connectivity index (χ2n) is 4.67. The predicted octanol–water partition coefficient (Wildman–Crippen LogP) is 3.53. The Hall–Kier alpha value is -1.11. The highest BCUT2D eigenvalue weighted by atomic mass is 16.1. The molecule has 80 valence electrons. The van der Waals surface area contributed by atoms with Crippen LogP contribution in [0.4, 0.5) is 0 Å². The first-order chi connectivity index (χ1) is 7.16. The van der Waals surface area contributed by atoms with Crippen LogP contribution in [0.15, 0.2) is 18.2 Å². The second-order valence-corrected chi connectivity index (χ2v) is 4.67. The molecule has 0 radical (unpaired) electrons. The van der Waals surface area contributed by atoms with E-state index in [0.29, 0.717) is 11.7 Å². The smallest absolute Gasteiger partial charge is 0.132 e. The third-order valence-corrected chi connectivity index (χ3v) is 3.42. The maximum atomic E-state index is 11.2. The highest BCUT2D eigenvalue weighted by molar-refractivity contribution is 5.79. The molecule has 0 aromatic heterocycles. The second kappa shape index (κ2) is 4.18. The van der Waals surface area contributed by atoms with Crippen LogP contribution in [-0.4, -0.2) is 5.78 Å². The Bertz CT molecular complexity index is 369. The Morgan fingerprint density at radius 2 is 1.80 bits per heavy atom. The van der Waals surface area contributed by atoms with E-state index < -0.39 is 0 Å². The maximum absolute atomic E-state index is 11.2. The quantitative estimate of drug-likeness (QED) is 0.681. The van der Waals surface area contributed by atoms with Gasteiger partial charge in [-0.2, -0.15) is 0 Å². The Kier molecular flexibility index (Phi) is 2.90. The van der Waals surface area contributed by atoms with E-state index in [2.05, 4.69) is 32.0 Å². The number of hydrogen-bond acceptors (Lipinski definition) is 1. The lowest BCUT2D eigenvalue weighted by Gasteiger charge is -2.23. The van der Waals surface area contributed by atoms with Crippen molar-refractivity contribution in [1.82, 2.24) is 0 Å². The van der Waals surface area contributed by atoms with E-state index in [9.17, 15) is 4.79 Å². The van der Waals surface area contributed by atoms with Gasteiger partial charge in [-0.15, -0.1) is 0 Å². The fraction of sp³-hybridized carbons (Fsp3) is 0.500. The summed E-state index contributed by atoms with van der Waals surface area (Å²) in [5.74, 6) is 1.05. The summed E-state index contributed by atoms with van der Waals surface area (Å²) >= 11 is 0. The van der Waals surface area contributed by atoms with Crippen molar-refractivity contribution in [3.8, 4) is 0 Å². The van der Waals surface area contributed by atoms with E-state index >= 15 is 0 Å². The van der Waals surface area contributed by atoms with Crippen molar-refractivity contribution in [2.75, 3.05) is 0 Å². The molecule has 1 heteroatoms. The Labute approximate surface area is 91.5 Å². The van der Waals surface area contributed by atoms with Crippen LogP contribution in [0, 0.1) is 13.8 Å². The molecule has 0 atom stereocenters. The average molecular weight is 202 g/mol. The van der Waals surface area contributed by atoms with Gasteiger partial charge in [-0.1, -0.05) is 23.8 Å². The number of Topliss-reactive ketones (excluding diaryl/α,β-unsaturated/α-hetero) is 1. The van der Waals surface area contributed by atoms with Crippen LogP contribution in [0.5, 0.6) is 0 Å². The van der Waals surface area contributed by atoms with Crippen molar-refractivity contribution in [2.24, 2.45) is 0 Å². The molecule has 0 bridgehead atoms. The van der Waals surface area contributed by atoms with Crippen molar-refractivity contribution >= 4 is 5.78 Å². The normalized spacial score (nSPS) is 18.1. The van der Waals surface area contributed by atoms with Gasteiger partial charge in [0.2, 0.25) is 0 Å². The van der Waals surface area contributed by atoms with Crippen LogP contribution in [-0.2, 0) is 4.79 Å². The minimum Gasteiger partial charge on any atom is -0.300 e. The van der Waals surface area contributed by atoms with Crippen molar-refractivity contribution in [2.45, 2.75) is 45.4 Å². The van der Waals surface area contributed by atoms with Gasteiger partial charge in [-0.05, 0) is 43.7 Å². The lowest BCUT2D eigenvalue weighted by atomic mass is 9.81. The van der Waals surface area contributed by atoms with E-state index in [1.807, 2.05) is 0 Å². The van der Waals surface area contributed by atoms with Crippen LogP contribution in [0.1, 0.15) is 48.3 Å². The van der Waals surface area contributed by atoms with E-state index in [1.54, 1.807) is 0 Å². The van der Waals surface area contributed by atoms with Crippen molar-refractivity contribution in [1.29, 1.82) is 0 Å². The third-order valence-electron chi connectivity index (χ3n) is 3.42. The zero-order valence-electron chi connectivity index (χ0n) is 9.55. The van der Waals surface area contributed by atoms with Gasteiger partial charge in [-0.3, -0.25) is 4.79 Å². The lowest BCUT2D eigenvalue weighted by Crippen LogP contribution is -2.13. The molecule has 1 aromatic rings. The number of rotatable bonds is 1. The van der Waals surface area contributed by atoms with Crippen LogP contribution in [0.2, 0.25) is 0 Å². The molecule has 1 aliphatic rings. The summed E-state index contributed by atoms with van der Waals surface area (Å²) in [5, 5.41) is 0. The standard InChI is InChI=1S/C14H18O/c1-10-3-4-11(2)14(9-10)12-5-7-13(15)8-6-12/h3-4,9,12H,5-8H2,1-2H3. The molecule has 0 saturated heterocycles. The molecule has 0 heterocycles. The van der Waals surface area contributed by atoms with Gasteiger partial charge in [0.25, 0.3) is 0 Å². The number of carbonyl (C=O) groups excluding carboxylic acids is 1. The maximum Gasteiger partial charge on any atom is 0.132 e. The monoisotopic (exact) mass is 202 g/mol. The molecule has 15 heavy (non-hydrogen) atoms. The van der Waals surface area contributed by atoms with Gasteiger partial charge in [0.15, 0.2) is 0 Å². The van der Waals surface area contributed by atoms with E-state index in [4.69, 9.17) is 0 Å². The van der Waals surface area contributed by atoms with Crippen molar-refractivity contribution < 1.29 is 4.79 Å². The highest BCUT2D eigenvalue weighted by Crippen LogP contribution is 2.33. The fourth-order valence-corrected chi connectivity index (χ4v) is 2.45. The molecule has 2 rings (SSSR count). The summed E-state index contributed by atoms with van der Waals surface area (Å²) in [4.78, 5) is 11.2. The first kappa shape index (κ1) is 10.4. The summed E-state index contributed by atoms with van der Waals surface area (Å²) < 4.78 is 0. The minimum atomic E-state index is 0.441. The van der Waals surface area contributed by atoms with E-state index in [1.165, 1.54) is 16.7 Å². The number of hydrogen-bond donors (Lipinski definition) is 0. The first-order valence-corrected chi connectivity index (χ1v) is 5.75. The molecular weight excluding hydrogens is 184 g/mol. The summed E-state index contributed by atoms with van der Waals surface area (Å²) in [6.07, 6.45) is 3.64. The van der Waals surface area contributed by atoms with E-state index in [-0.39, 0.29) is 0 Å². The fourth-order valence-electron chi connectivity index (χ4n) is 2.45. The highest BCUT2D eigenvalue weighted by Gasteiger charge is 2.21. The molecule has 1 nitrogen and oxygen atoms in total. The molecule has 1 fully saturated rings. The third kappa shape index (κ3) is 2.28. The Morgan fingerprint density at radius 1 is 1.13 bits per heavy atom. The number of aryl methyl sites for hydroxylation is 2. The molecule has 1 saturated carbocycles. The molecule has 1 aliphatic carbocycles. The van der Waals surface area contributed by atoms with Gasteiger partial charge in [-0.25, -0.2) is 0 Å². The summed E-state index contributed by atoms with van der Waals surface area (Å²) in [6.45, 7) is 4.31. The lowest BCUT2D eigenvalue weighted by molar-refractivity contribution is -0.120. The molecule has 0 spiro atoms. The summed E-state index contributed by atoms with van der Waals surface area (Å²) in [6, 6.07) is 6.64. The first-order valence-electron chi connectivity index (χ1n) is 5.75. The summed E-state index contributed by atoms with van der Waals surface area (Å²) in [7, 11) is 0. The van der Waals surface area contributed by atoms with E-state index in [0.717, 1.165) is 25.7 Å². The average Bonchev–Trinajstić information content (AvgIpc) is 2.23. The van der Waals surface area contributed by atoms with Crippen LogP contribution in [0.3, 0.4) is 0 Å². The minimum absolute atomic E-state index is 0.441. The number of carbonyl (C=O) groups is 1. The predicted molar refractivity (Wildman–Crippen MR) is 62.1 cm³/mol. The topological polar surface area (TPSA) is 17.1 Å². The Morgan fingerprint density at radius 3 is 2.47 bits per heavy atom. The zero-order chi connectivity index (χ0) is 10.8.